The zero-order valence-electron chi connectivity index (χ0n) is 12.0. The number of anilines is 1. The predicted molar refractivity (Wildman–Crippen MR) is 88.2 cm³/mol. The van der Waals surface area contributed by atoms with E-state index in [9.17, 15) is 4.79 Å². The third kappa shape index (κ3) is 4.49. The number of nitrogens with zero attached hydrogens (tertiary/aromatic N) is 1. The van der Waals surface area contributed by atoms with E-state index in [0.717, 1.165) is 5.56 Å². The standard InChI is InChI=1S/C16H16ClN3O2/c1-11(12-6-8-13(18)9-7-12)19-20-16(21)10-22-15-5-3-2-4-14(15)17/h2-9H,10,18H2,1H3,(H,20,21)/b19-11+. The number of nitrogens with two attached hydrogens (primary N) is 1. The molecule has 1 amide bonds. The van der Waals surface area contributed by atoms with E-state index in [1.165, 1.54) is 0 Å². The minimum absolute atomic E-state index is 0.164. The first-order valence-corrected chi connectivity index (χ1v) is 7.00. The second-order valence-corrected chi connectivity index (χ2v) is 4.98. The van der Waals surface area contributed by atoms with Crippen LogP contribution in [-0.2, 0) is 4.79 Å². The van der Waals surface area contributed by atoms with Crippen LogP contribution in [0.2, 0.25) is 5.02 Å². The summed E-state index contributed by atoms with van der Waals surface area (Å²) >= 11 is 5.93. The van der Waals surface area contributed by atoms with Crippen LogP contribution < -0.4 is 15.9 Å². The molecule has 22 heavy (non-hydrogen) atoms. The highest BCUT2D eigenvalue weighted by atomic mass is 35.5. The summed E-state index contributed by atoms with van der Waals surface area (Å²) in [7, 11) is 0. The Balaban J connectivity index is 1.88. The van der Waals surface area contributed by atoms with E-state index in [0.29, 0.717) is 22.2 Å². The van der Waals surface area contributed by atoms with Gasteiger partial charge in [-0.05, 0) is 36.8 Å². The van der Waals surface area contributed by atoms with E-state index < -0.39 is 0 Å². The Morgan fingerprint density at radius 1 is 1.23 bits per heavy atom. The molecule has 2 aromatic rings. The van der Waals surface area contributed by atoms with Crippen LogP contribution in [0.3, 0.4) is 0 Å². The number of amides is 1. The lowest BCUT2D eigenvalue weighted by atomic mass is 10.1. The number of hydrogen-bond donors (Lipinski definition) is 2. The van der Waals surface area contributed by atoms with Crippen LogP contribution >= 0.6 is 11.6 Å². The summed E-state index contributed by atoms with van der Waals surface area (Å²) in [5.41, 5.74) is 10.3. The van der Waals surface area contributed by atoms with Crippen molar-refractivity contribution >= 4 is 28.9 Å². The number of ether oxygens (including phenoxy) is 1. The van der Waals surface area contributed by atoms with Gasteiger partial charge in [-0.15, -0.1) is 0 Å². The lowest BCUT2D eigenvalue weighted by Gasteiger charge is -2.07. The number of rotatable bonds is 5. The van der Waals surface area contributed by atoms with Crippen molar-refractivity contribution in [3.05, 3.63) is 59.1 Å². The van der Waals surface area contributed by atoms with Crippen molar-refractivity contribution in [2.75, 3.05) is 12.3 Å². The molecular weight excluding hydrogens is 302 g/mol. The third-order valence-electron chi connectivity index (χ3n) is 2.87. The Bertz CT molecular complexity index is 684. The highest BCUT2D eigenvalue weighted by Gasteiger charge is 2.05. The lowest BCUT2D eigenvalue weighted by Crippen LogP contribution is -2.25. The van der Waals surface area contributed by atoms with Crippen LogP contribution in [0, 0.1) is 0 Å². The summed E-state index contributed by atoms with van der Waals surface area (Å²) in [6, 6.07) is 14.2. The van der Waals surface area contributed by atoms with Gasteiger partial charge >= 0.3 is 0 Å². The maximum atomic E-state index is 11.7. The maximum Gasteiger partial charge on any atom is 0.277 e. The summed E-state index contributed by atoms with van der Waals surface area (Å²) in [5, 5.41) is 4.48. The van der Waals surface area contributed by atoms with Crippen LogP contribution in [0.4, 0.5) is 5.69 Å². The zero-order valence-corrected chi connectivity index (χ0v) is 12.8. The average molecular weight is 318 g/mol. The molecule has 2 aromatic carbocycles. The summed E-state index contributed by atoms with van der Waals surface area (Å²) in [6.07, 6.45) is 0. The van der Waals surface area contributed by atoms with Gasteiger partial charge in [-0.3, -0.25) is 4.79 Å². The van der Waals surface area contributed by atoms with E-state index in [2.05, 4.69) is 10.5 Å². The first-order valence-electron chi connectivity index (χ1n) is 6.62. The van der Waals surface area contributed by atoms with Gasteiger partial charge in [0.25, 0.3) is 5.91 Å². The van der Waals surface area contributed by atoms with Crippen molar-refractivity contribution < 1.29 is 9.53 Å². The number of para-hydroxylation sites is 1. The molecule has 114 valence electrons. The number of benzene rings is 2. The van der Waals surface area contributed by atoms with Gasteiger partial charge in [0.2, 0.25) is 0 Å². The van der Waals surface area contributed by atoms with Gasteiger partial charge in [0.1, 0.15) is 5.75 Å². The molecule has 0 saturated carbocycles. The van der Waals surface area contributed by atoms with Gasteiger partial charge in [-0.1, -0.05) is 35.9 Å². The molecule has 0 aliphatic carbocycles. The first kappa shape index (κ1) is 15.9. The van der Waals surface area contributed by atoms with Gasteiger partial charge < -0.3 is 10.5 Å². The topological polar surface area (TPSA) is 76.7 Å². The first-order chi connectivity index (χ1) is 10.6. The van der Waals surface area contributed by atoms with Crippen molar-refractivity contribution in [3.63, 3.8) is 0 Å². The fraction of sp³-hybridized carbons (Fsp3) is 0.125. The maximum absolute atomic E-state index is 11.7. The number of carbonyl (C=O) groups excluding carboxylic acids is 1. The van der Waals surface area contributed by atoms with Crippen LogP contribution in [0.25, 0.3) is 0 Å². The number of halogens is 1. The Morgan fingerprint density at radius 2 is 1.91 bits per heavy atom. The largest absolute Gasteiger partial charge is 0.482 e. The average Bonchev–Trinajstić information content (AvgIpc) is 2.52. The Hall–Kier alpha value is -2.53. The molecule has 0 fully saturated rings. The SMILES string of the molecule is C/C(=N\NC(=O)COc1ccccc1Cl)c1ccc(N)cc1. The molecule has 0 radical (unpaired) electrons. The van der Waals surface area contributed by atoms with Crippen LogP contribution in [0.5, 0.6) is 5.75 Å². The molecule has 0 saturated heterocycles. The van der Waals surface area contributed by atoms with Crippen LogP contribution in [0.15, 0.2) is 53.6 Å². The number of hydrogen-bond acceptors (Lipinski definition) is 4. The number of hydrazone groups is 1. The minimum Gasteiger partial charge on any atom is -0.482 e. The summed E-state index contributed by atoms with van der Waals surface area (Å²) in [6.45, 7) is 1.63. The molecule has 0 aliphatic heterocycles. The van der Waals surface area contributed by atoms with Crippen LogP contribution in [-0.4, -0.2) is 18.2 Å². The van der Waals surface area contributed by atoms with Crippen molar-refractivity contribution in [2.24, 2.45) is 5.10 Å². The van der Waals surface area contributed by atoms with Gasteiger partial charge in [0.15, 0.2) is 6.61 Å². The van der Waals surface area contributed by atoms with E-state index in [1.807, 2.05) is 12.1 Å². The number of nitrogen functional groups attached to an aromatic ring is 1. The molecule has 0 heterocycles. The molecule has 0 spiro atoms. The minimum atomic E-state index is -0.366. The molecule has 3 N–H and O–H groups in total. The molecule has 2 rings (SSSR count). The lowest BCUT2D eigenvalue weighted by molar-refractivity contribution is -0.123. The van der Waals surface area contributed by atoms with Crippen LogP contribution in [0.1, 0.15) is 12.5 Å². The fourth-order valence-electron chi connectivity index (χ4n) is 1.67. The summed E-state index contributed by atoms with van der Waals surface area (Å²) in [5.74, 6) is 0.0910. The number of carbonyl (C=O) groups is 1. The van der Waals surface area contributed by atoms with E-state index in [-0.39, 0.29) is 12.5 Å². The van der Waals surface area contributed by atoms with Gasteiger partial charge in [-0.25, -0.2) is 5.43 Å². The highest BCUT2D eigenvalue weighted by Crippen LogP contribution is 2.22. The molecule has 0 unspecified atom stereocenters. The normalized spacial score (nSPS) is 11.1. The molecular formula is C16H16ClN3O2. The Kier molecular flexibility index (Phi) is 5.38. The smallest absolute Gasteiger partial charge is 0.277 e. The van der Waals surface area contributed by atoms with Crippen molar-refractivity contribution in [1.82, 2.24) is 5.43 Å². The molecule has 6 heteroatoms. The molecule has 5 nitrogen and oxygen atoms in total. The monoisotopic (exact) mass is 317 g/mol. The van der Waals surface area contributed by atoms with E-state index >= 15 is 0 Å². The van der Waals surface area contributed by atoms with E-state index in [1.54, 1.807) is 43.3 Å². The second kappa shape index (κ2) is 7.47. The van der Waals surface area contributed by atoms with Gasteiger partial charge in [-0.2, -0.15) is 5.10 Å². The molecule has 0 aliphatic rings. The summed E-state index contributed by atoms with van der Waals surface area (Å²) < 4.78 is 5.32. The van der Waals surface area contributed by atoms with Crippen molar-refractivity contribution in [1.29, 1.82) is 0 Å². The Morgan fingerprint density at radius 3 is 2.59 bits per heavy atom. The predicted octanol–water partition coefficient (Wildman–Crippen LogP) is 2.84. The number of nitrogens with one attached hydrogen (secondary N) is 1. The van der Waals surface area contributed by atoms with Crippen molar-refractivity contribution in [3.8, 4) is 5.75 Å². The summed E-state index contributed by atoms with van der Waals surface area (Å²) in [4.78, 5) is 11.7. The van der Waals surface area contributed by atoms with Gasteiger partial charge in [0.05, 0.1) is 10.7 Å². The fourth-order valence-corrected chi connectivity index (χ4v) is 1.86. The highest BCUT2D eigenvalue weighted by molar-refractivity contribution is 6.32. The second-order valence-electron chi connectivity index (χ2n) is 4.57. The Labute approximate surface area is 133 Å². The zero-order chi connectivity index (χ0) is 15.9. The molecule has 0 bridgehead atoms. The van der Waals surface area contributed by atoms with E-state index in [4.69, 9.17) is 22.1 Å². The third-order valence-corrected chi connectivity index (χ3v) is 3.18. The van der Waals surface area contributed by atoms with Crippen molar-refractivity contribution in [2.45, 2.75) is 6.92 Å². The van der Waals surface area contributed by atoms with Gasteiger partial charge in [0, 0.05) is 5.69 Å². The molecule has 0 aromatic heterocycles. The quantitative estimate of drug-likeness (QED) is 0.506. The molecule has 0 atom stereocenters.